The number of carbonyl (C=O) groups is 2. The van der Waals surface area contributed by atoms with Crippen LogP contribution in [-0.4, -0.2) is 44.9 Å². The zero-order valence-corrected chi connectivity index (χ0v) is 14.8. The number of aromatic amines is 1. The minimum atomic E-state index is -0.140. The SMILES string of the molecule is O=C(c1ccccc1)C1CCCN(C(=O)c2ccc(-c3ncn[nH]3)cc2)C1. The normalized spacial score (nSPS) is 16.9. The molecule has 0 bridgehead atoms. The van der Waals surface area contributed by atoms with E-state index in [1.54, 1.807) is 17.0 Å². The van der Waals surface area contributed by atoms with Gasteiger partial charge in [0.2, 0.25) is 0 Å². The first-order valence-corrected chi connectivity index (χ1v) is 9.07. The number of piperidine rings is 1. The second-order valence-electron chi connectivity index (χ2n) is 6.73. The van der Waals surface area contributed by atoms with Crippen molar-refractivity contribution in [2.24, 2.45) is 5.92 Å². The van der Waals surface area contributed by atoms with Crippen LogP contribution in [0.3, 0.4) is 0 Å². The van der Waals surface area contributed by atoms with Crippen LogP contribution in [0.1, 0.15) is 33.6 Å². The number of nitrogens with zero attached hydrogens (tertiary/aromatic N) is 3. The number of H-pyrrole nitrogens is 1. The third kappa shape index (κ3) is 3.65. The lowest BCUT2D eigenvalue weighted by atomic mass is 9.89. The average molecular weight is 360 g/mol. The van der Waals surface area contributed by atoms with Crippen molar-refractivity contribution in [3.05, 3.63) is 72.1 Å². The van der Waals surface area contributed by atoms with Gasteiger partial charge in [0.25, 0.3) is 5.91 Å². The zero-order valence-electron chi connectivity index (χ0n) is 14.8. The van der Waals surface area contributed by atoms with E-state index in [-0.39, 0.29) is 17.6 Å². The Kier molecular flexibility index (Phi) is 4.78. The number of benzene rings is 2. The van der Waals surface area contributed by atoms with E-state index in [1.165, 1.54) is 6.33 Å². The van der Waals surface area contributed by atoms with Crippen molar-refractivity contribution in [1.82, 2.24) is 20.1 Å². The predicted octanol–water partition coefficient (Wildman–Crippen LogP) is 3.21. The third-order valence-corrected chi connectivity index (χ3v) is 4.96. The Morgan fingerprint density at radius 1 is 1.00 bits per heavy atom. The first kappa shape index (κ1) is 17.1. The topological polar surface area (TPSA) is 79.0 Å². The number of hydrogen-bond donors (Lipinski definition) is 1. The Hall–Kier alpha value is -3.28. The Bertz CT molecular complexity index is 921. The molecule has 1 saturated heterocycles. The minimum absolute atomic E-state index is 0.0373. The van der Waals surface area contributed by atoms with Crippen molar-refractivity contribution in [1.29, 1.82) is 0 Å². The monoisotopic (exact) mass is 360 g/mol. The van der Waals surface area contributed by atoms with Gasteiger partial charge in [-0.3, -0.25) is 14.7 Å². The molecule has 2 heterocycles. The lowest BCUT2D eigenvalue weighted by Gasteiger charge is -2.32. The summed E-state index contributed by atoms with van der Waals surface area (Å²) in [6, 6.07) is 16.6. The van der Waals surface area contributed by atoms with Gasteiger partial charge in [-0.05, 0) is 25.0 Å². The van der Waals surface area contributed by atoms with Gasteiger partial charge in [0, 0.05) is 35.7 Å². The average Bonchev–Trinajstić information content (AvgIpc) is 3.28. The number of amides is 1. The molecule has 4 rings (SSSR count). The molecular formula is C21H20N4O2. The van der Waals surface area contributed by atoms with E-state index in [9.17, 15) is 9.59 Å². The number of ketones is 1. The molecule has 136 valence electrons. The summed E-state index contributed by atoms with van der Waals surface area (Å²) in [4.78, 5) is 31.5. The second kappa shape index (κ2) is 7.53. The second-order valence-corrected chi connectivity index (χ2v) is 6.73. The molecule has 3 aromatic rings. The summed E-state index contributed by atoms with van der Waals surface area (Å²) < 4.78 is 0. The smallest absolute Gasteiger partial charge is 0.253 e. The van der Waals surface area contributed by atoms with Crippen LogP contribution in [-0.2, 0) is 0 Å². The molecular weight excluding hydrogens is 340 g/mol. The van der Waals surface area contributed by atoms with Crippen LogP contribution < -0.4 is 0 Å². The maximum absolute atomic E-state index is 12.9. The van der Waals surface area contributed by atoms with Crippen molar-refractivity contribution < 1.29 is 9.59 Å². The highest BCUT2D eigenvalue weighted by Gasteiger charge is 2.29. The lowest BCUT2D eigenvalue weighted by molar-refractivity contribution is 0.0637. The lowest BCUT2D eigenvalue weighted by Crippen LogP contribution is -2.42. The van der Waals surface area contributed by atoms with Gasteiger partial charge in [0.15, 0.2) is 11.6 Å². The van der Waals surface area contributed by atoms with Gasteiger partial charge in [-0.2, -0.15) is 5.10 Å². The number of aromatic nitrogens is 3. The summed E-state index contributed by atoms with van der Waals surface area (Å²) in [7, 11) is 0. The van der Waals surface area contributed by atoms with E-state index >= 15 is 0 Å². The van der Waals surface area contributed by atoms with Gasteiger partial charge in [-0.15, -0.1) is 0 Å². The van der Waals surface area contributed by atoms with E-state index in [0.717, 1.165) is 18.4 Å². The number of Topliss-reactive ketones (excluding diaryl/α,β-unsaturated/α-hetero) is 1. The van der Waals surface area contributed by atoms with E-state index in [2.05, 4.69) is 15.2 Å². The highest BCUT2D eigenvalue weighted by atomic mass is 16.2. The van der Waals surface area contributed by atoms with E-state index < -0.39 is 0 Å². The highest BCUT2D eigenvalue weighted by Crippen LogP contribution is 2.23. The molecule has 1 N–H and O–H groups in total. The molecule has 27 heavy (non-hydrogen) atoms. The molecule has 1 atom stereocenters. The van der Waals surface area contributed by atoms with Crippen LogP contribution >= 0.6 is 0 Å². The fourth-order valence-electron chi connectivity index (χ4n) is 3.51. The van der Waals surface area contributed by atoms with Crippen molar-refractivity contribution >= 4 is 11.7 Å². The van der Waals surface area contributed by atoms with Crippen LogP contribution in [0.2, 0.25) is 0 Å². The molecule has 1 aliphatic heterocycles. The van der Waals surface area contributed by atoms with Gasteiger partial charge >= 0.3 is 0 Å². The third-order valence-electron chi connectivity index (χ3n) is 4.96. The summed E-state index contributed by atoms with van der Waals surface area (Å²) in [6.07, 6.45) is 3.11. The van der Waals surface area contributed by atoms with Crippen molar-refractivity contribution in [2.45, 2.75) is 12.8 Å². The van der Waals surface area contributed by atoms with Crippen LogP contribution in [0, 0.1) is 5.92 Å². The van der Waals surface area contributed by atoms with Crippen LogP contribution in [0.5, 0.6) is 0 Å². The van der Waals surface area contributed by atoms with Crippen molar-refractivity contribution in [2.75, 3.05) is 13.1 Å². The zero-order chi connectivity index (χ0) is 18.6. The molecule has 1 aromatic heterocycles. The van der Waals surface area contributed by atoms with Crippen molar-refractivity contribution in [3.63, 3.8) is 0 Å². The van der Waals surface area contributed by atoms with Gasteiger partial charge in [-0.25, -0.2) is 4.98 Å². The Morgan fingerprint density at radius 3 is 2.48 bits per heavy atom. The molecule has 1 unspecified atom stereocenters. The van der Waals surface area contributed by atoms with E-state index in [4.69, 9.17) is 0 Å². The molecule has 1 amide bonds. The maximum atomic E-state index is 12.9. The number of nitrogens with one attached hydrogen (secondary N) is 1. The predicted molar refractivity (Wildman–Crippen MR) is 101 cm³/mol. The van der Waals surface area contributed by atoms with E-state index in [1.807, 2.05) is 42.5 Å². The van der Waals surface area contributed by atoms with E-state index in [0.29, 0.717) is 30.0 Å². The first-order chi connectivity index (χ1) is 13.2. The Morgan fingerprint density at radius 2 is 1.78 bits per heavy atom. The van der Waals surface area contributed by atoms with Gasteiger partial charge in [0.1, 0.15) is 6.33 Å². The summed E-state index contributed by atoms with van der Waals surface area (Å²) in [5.41, 5.74) is 2.21. The van der Waals surface area contributed by atoms with Gasteiger partial charge < -0.3 is 4.90 Å². The summed E-state index contributed by atoms with van der Waals surface area (Å²) in [5.74, 6) is 0.609. The summed E-state index contributed by atoms with van der Waals surface area (Å²) in [5, 5.41) is 6.64. The molecule has 1 fully saturated rings. The molecule has 0 aliphatic carbocycles. The summed E-state index contributed by atoms with van der Waals surface area (Å²) >= 11 is 0. The minimum Gasteiger partial charge on any atom is -0.338 e. The number of rotatable bonds is 4. The standard InChI is InChI=1S/C21H20N4O2/c26-19(15-5-2-1-3-6-15)18-7-4-12-25(13-18)21(27)17-10-8-16(9-11-17)20-22-14-23-24-20/h1-3,5-6,8-11,14,18H,4,7,12-13H2,(H,22,23,24). The highest BCUT2D eigenvalue weighted by molar-refractivity contribution is 5.99. The molecule has 0 radical (unpaired) electrons. The number of hydrogen-bond acceptors (Lipinski definition) is 4. The fraction of sp³-hybridized carbons (Fsp3) is 0.238. The largest absolute Gasteiger partial charge is 0.338 e. The quantitative estimate of drug-likeness (QED) is 0.725. The van der Waals surface area contributed by atoms with Crippen molar-refractivity contribution in [3.8, 4) is 11.4 Å². The number of carbonyl (C=O) groups excluding carboxylic acids is 2. The molecule has 0 saturated carbocycles. The number of likely N-dealkylation sites (tertiary alicyclic amines) is 1. The molecule has 6 heteroatoms. The van der Waals surface area contributed by atoms with Gasteiger partial charge in [-0.1, -0.05) is 42.5 Å². The maximum Gasteiger partial charge on any atom is 0.253 e. The van der Waals surface area contributed by atoms with Crippen LogP contribution in [0.25, 0.3) is 11.4 Å². The Balaban J connectivity index is 1.46. The Labute approximate surface area is 157 Å². The first-order valence-electron chi connectivity index (χ1n) is 9.07. The summed E-state index contributed by atoms with van der Waals surface area (Å²) in [6.45, 7) is 1.15. The molecule has 2 aromatic carbocycles. The molecule has 6 nitrogen and oxygen atoms in total. The van der Waals surface area contributed by atoms with Gasteiger partial charge in [0.05, 0.1) is 0 Å². The fourth-order valence-corrected chi connectivity index (χ4v) is 3.51. The molecule has 1 aliphatic rings. The van der Waals surface area contributed by atoms with Crippen LogP contribution in [0.15, 0.2) is 60.9 Å². The molecule has 0 spiro atoms. The van der Waals surface area contributed by atoms with Crippen LogP contribution in [0.4, 0.5) is 0 Å².